The van der Waals surface area contributed by atoms with Gasteiger partial charge in [-0.3, -0.25) is 9.59 Å². The second-order valence-electron chi connectivity index (χ2n) is 5.08. The summed E-state index contributed by atoms with van der Waals surface area (Å²) in [6, 6.07) is 11.6. The van der Waals surface area contributed by atoms with E-state index < -0.39 is 30.3 Å². The van der Waals surface area contributed by atoms with Gasteiger partial charge >= 0.3 is 11.9 Å². The molecule has 7 heteroatoms. The average molecular weight is 345 g/mol. The van der Waals surface area contributed by atoms with E-state index in [9.17, 15) is 18.8 Å². The highest BCUT2D eigenvalue weighted by molar-refractivity contribution is 5.94. The summed E-state index contributed by atoms with van der Waals surface area (Å²) in [4.78, 5) is 34.7. The number of ether oxygens (including phenoxy) is 2. The summed E-state index contributed by atoms with van der Waals surface area (Å²) in [5.74, 6) is -2.09. The molecular formula is C18H16FNO5. The Kier molecular flexibility index (Phi) is 6.22. The number of carbonyl (C=O) groups is 3. The van der Waals surface area contributed by atoms with Gasteiger partial charge < -0.3 is 14.8 Å². The first-order valence-electron chi connectivity index (χ1n) is 7.36. The van der Waals surface area contributed by atoms with E-state index in [4.69, 9.17) is 4.74 Å². The summed E-state index contributed by atoms with van der Waals surface area (Å²) < 4.78 is 22.5. The Bertz CT molecular complexity index is 773. The summed E-state index contributed by atoms with van der Waals surface area (Å²) in [6.45, 7) is -0.465. The highest BCUT2D eigenvalue weighted by Crippen LogP contribution is 2.10. The minimum Gasteiger partial charge on any atom is -0.465 e. The predicted octanol–water partition coefficient (Wildman–Crippen LogP) is 2.34. The molecule has 0 atom stereocenters. The van der Waals surface area contributed by atoms with Gasteiger partial charge in [0.25, 0.3) is 5.91 Å². The van der Waals surface area contributed by atoms with Gasteiger partial charge in [-0.1, -0.05) is 12.1 Å². The van der Waals surface area contributed by atoms with Gasteiger partial charge in [-0.15, -0.1) is 0 Å². The standard InChI is InChI=1S/C18H16FNO5/c1-24-18(23)13-5-7-15(8-6-13)20-16(21)11-25-17(22)10-12-3-2-4-14(19)9-12/h2-9H,10-11H2,1H3,(H,20,21). The second kappa shape index (κ2) is 8.58. The van der Waals surface area contributed by atoms with Crippen LogP contribution in [-0.4, -0.2) is 31.6 Å². The zero-order valence-electron chi connectivity index (χ0n) is 13.5. The Hall–Kier alpha value is -3.22. The van der Waals surface area contributed by atoms with E-state index in [1.54, 1.807) is 6.07 Å². The van der Waals surface area contributed by atoms with Crippen molar-refractivity contribution >= 4 is 23.5 Å². The van der Waals surface area contributed by atoms with Crippen molar-refractivity contribution in [2.24, 2.45) is 0 Å². The number of halogens is 1. The topological polar surface area (TPSA) is 81.7 Å². The fraction of sp³-hybridized carbons (Fsp3) is 0.167. The average Bonchev–Trinajstić information content (AvgIpc) is 2.60. The Morgan fingerprint density at radius 3 is 2.44 bits per heavy atom. The molecule has 0 aliphatic carbocycles. The number of hydrogen-bond donors (Lipinski definition) is 1. The summed E-state index contributed by atoms with van der Waals surface area (Å²) in [7, 11) is 1.27. The molecule has 1 N–H and O–H groups in total. The largest absolute Gasteiger partial charge is 0.465 e. The lowest BCUT2D eigenvalue weighted by Crippen LogP contribution is -2.21. The van der Waals surface area contributed by atoms with Crippen LogP contribution in [0.4, 0.5) is 10.1 Å². The molecule has 0 aliphatic heterocycles. The number of amides is 1. The molecule has 0 spiro atoms. The number of methoxy groups -OCH3 is 1. The van der Waals surface area contributed by atoms with Gasteiger partial charge in [0.1, 0.15) is 5.82 Å². The molecule has 0 saturated heterocycles. The Morgan fingerprint density at radius 2 is 1.80 bits per heavy atom. The molecule has 2 aromatic rings. The van der Waals surface area contributed by atoms with E-state index in [1.165, 1.54) is 49.6 Å². The summed E-state index contributed by atoms with van der Waals surface area (Å²) in [5, 5.41) is 2.53. The normalized spacial score (nSPS) is 10.0. The molecular weight excluding hydrogens is 329 g/mol. The van der Waals surface area contributed by atoms with Gasteiger partial charge in [-0.25, -0.2) is 9.18 Å². The van der Waals surface area contributed by atoms with E-state index in [0.717, 1.165) is 0 Å². The summed E-state index contributed by atoms with van der Waals surface area (Å²) in [5.41, 5.74) is 1.25. The first-order chi connectivity index (χ1) is 12.0. The van der Waals surface area contributed by atoms with E-state index in [2.05, 4.69) is 10.1 Å². The van der Waals surface area contributed by atoms with E-state index >= 15 is 0 Å². The third-order valence-electron chi connectivity index (χ3n) is 3.19. The van der Waals surface area contributed by atoms with Gasteiger partial charge in [0.05, 0.1) is 19.1 Å². The van der Waals surface area contributed by atoms with Crippen LogP contribution in [0, 0.1) is 5.82 Å². The van der Waals surface area contributed by atoms with Crippen molar-refractivity contribution in [1.29, 1.82) is 0 Å². The molecule has 0 heterocycles. The van der Waals surface area contributed by atoms with Gasteiger partial charge in [0.15, 0.2) is 6.61 Å². The lowest BCUT2D eigenvalue weighted by molar-refractivity contribution is -0.146. The van der Waals surface area contributed by atoms with Crippen LogP contribution in [0.1, 0.15) is 15.9 Å². The lowest BCUT2D eigenvalue weighted by Gasteiger charge is -2.07. The molecule has 130 valence electrons. The highest BCUT2D eigenvalue weighted by Gasteiger charge is 2.10. The smallest absolute Gasteiger partial charge is 0.337 e. The zero-order valence-corrected chi connectivity index (χ0v) is 13.5. The third-order valence-corrected chi connectivity index (χ3v) is 3.19. The van der Waals surface area contributed by atoms with Crippen LogP contribution in [-0.2, 0) is 25.5 Å². The zero-order chi connectivity index (χ0) is 18.2. The van der Waals surface area contributed by atoms with Crippen molar-refractivity contribution in [2.75, 3.05) is 19.0 Å². The number of rotatable bonds is 6. The molecule has 0 aromatic heterocycles. The molecule has 0 saturated carbocycles. The number of carbonyl (C=O) groups excluding carboxylic acids is 3. The number of esters is 2. The number of anilines is 1. The second-order valence-corrected chi connectivity index (χ2v) is 5.08. The maximum Gasteiger partial charge on any atom is 0.337 e. The maximum atomic E-state index is 13.0. The van der Waals surface area contributed by atoms with Crippen molar-refractivity contribution in [1.82, 2.24) is 0 Å². The van der Waals surface area contributed by atoms with Crippen LogP contribution >= 0.6 is 0 Å². The molecule has 0 unspecified atom stereocenters. The predicted molar refractivity (Wildman–Crippen MR) is 87.5 cm³/mol. The molecule has 0 radical (unpaired) electrons. The number of hydrogen-bond acceptors (Lipinski definition) is 5. The van der Waals surface area contributed by atoms with Gasteiger partial charge in [0.2, 0.25) is 0 Å². The Morgan fingerprint density at radius 1 is 1.08 bits per heavy atom. The fourth-order valence-electron chi connectivity index (χ4n) is 2.02. The Labute approximate surface area is 143 Å². The van der Waals surface area contributed by atoms with Gasteiger partial charge in [0, 0.05) is 5.69 Å². The van der Waals surface area contributed by atoms with Crippen LogP contribution < -0.4 is 5.32 Å². The minimum atomic E-state index is -0.637. The molecule has 25 heavy (non-hydrogen) atoms. The van der Waals surface area contributed by atoms with Gasteiger partial charge in [-0.05, 0) is 42.0 Å². The monoisotopic (exact) mass is 345 g/mol. The summed E-state index contributed by atoms with van der Waals surface area (Å²) in [6.07, 6.45) is -0.126. The van der Waals surface area contributed by atoms with E-state index in [0.29, 0.717) is 16.8 Å². The third kappa shape index (κ3) is 5.72. The van der Waals surface area contributed by atoms with Gasteiger partial charge in [-0.2, -0.15) is 0 Å². The van der Waals surface area contributed by atoms with Crippen LogP contribution in [0.15, 0.2) is 48.5 Å². The van der Waals surface area contributed by atoms with Crippen molar-refractivity contribution in [3.8, 4) is 0 Å². The minimum absolute atomic E-state index is 0.126. The maximum absolute atomic E-state index is 13.0. The van der Waals surface area contributed by atoms with E-state index in [1.807, 2.05) is 0 Å². The lowest BCUT2D eigenvalue weighted by atomic mass is 10.1. The molecule has 1 amide bonds. The first kappa shape index (κ1) is 18.1. The van der Waals surface area contributed by atoms with E-state index in [-0.39, 0.29) is 6.42 Å². The summed E-state index contributed by atoms with van der Waals surface area (Å²) >= 11 is 0. The van der Waals surface area contributed by atoms with Crippen LogP contribution in [0.2, 0.25) is 0 Å². The SMILES string of the molecule is COC(=O)c1ccc(NC(=O)COC(=O)Cc2cccc(F)c2)cc1. The molecule has 0 fully saturated rings. The molecule has 2 rings (SSSR count). The van der Waals surface area contributed by atoms with Crippen molar-refractivity contribution in [3.63, 3.8) is 0 Å². The molecule has 0 bridgehead atoms. The van der Waals surface area contributed by atoms with Crippen LogP contribution in [0.5, 0.6) is 0 Å². The fourth-order valence-corrected chi connectivity index (χ4v) is 2.02. The van der Waals surface area contributed by atoms with Crippen molar-refractivity contribution in [2.45, 2.75) is 6.42 Å². The van der Waals surface area contributed by atoms with Crippen molar-refractivity contribution < 1.29 is 28.2 Å². The molecule has 2 aromatic carbocycles. The highest BCUT2D eigenvalue weighted by atomic mass is 19.1. The van der Waals surface area contributed by atoms with Crippen LogP contribution in [0.3, 0.4) is 0 Å². The quantitative estimate of drug-likeness (QED) is 0.813. The van der Waals surface area contributed by atoms with Crippen molar-refractivity contribution in [3.05, 3.63) is 65.5 Å². The molecule has 6 nitrogen and oxygen atoms in total. The number of nitrogens with one attached hydrogen (secondary N) is 1. The van der Waals surface area contributed by atoms with Crippen LogP contribution in [0.25, 0.3) is 0 Å². The first-order valence-corrected chi connectivity index (χ1v) is 7.36. The Balaban J connectivity index is 1.80. The number of benzene rings is 2. The molecule has 0 aliphatic rings.